The van der Waals surface area contributed by atoms with Gasteiger partial charge in [-0.05, 0) is 36.5 Å². The maximum atomic E-state index is 12.3. The zero-order valence-electron chi connectivity index (χ0n) is 14.7. The van der Waals surface area contributed by atoms with Gasteiger partial charge in [0, 0.05) is 30.2 Å². The largest absolute Gasteiger partial charge is 0.463 e. The number of halogens is 1. The number of carbonyl (C=O) groups is 3. The number of methoxy groups -OCH3 is 1. The first-order chi connectivity index (χ1) is 12.9. The van der Waals surface area contributed by atoms with E-state index >= 15 is 0 Å². The van der Waals surface area contributed by atoms with Crippen LogP contribution in [0.15, 0.2) is 28.7 Å². The second-order valence-corrected chi connectivity index (χ2v) is 6.99. The molecule has 2 N–H and O–H groups in total. The molecule has 2 amide bonds. The summed E-state index contributed by atoms with van der Waals surface area (Å²) in [4.78, 5) is 38.0. The predicted molar refractivity (Wildman–Crippen MR) is 105 cm³/mol. The number of nitrogens with zero attached hydrogens (tertiary/aromatic N) is 1. The topological polar surface area (TPSA) is 97.0 Å². The predicted octanol–water partition coefficient (Wildman–Crippen LogP) is 0.844. The fourth-order valence-corrected chi connectivity index (χ4v) is 3.03. The van der Waals surface area contributed by atoms with Crippen molar-refractivity contribution in [3.8, 4) is 0 Å². The molecule has 2 rings (SSSR count). The highest BCUT2D eigenvalue weighted by Gasteiger charge is 2.34. The molecule has 1 aliphatic rings. The van der Waals surface area contributed by atoms with Crippen molar-refractivity contribution in [3.05, 3.63) is 34.3 Å². The number of hydrogen-bond acceptors (Lipinski definition) is 6. The van der Waals surface area contributed by atoms with E-state index in [1.54, 1.807) is 24.3 Å². The van der Waals surface area contributed by atoms with Gasteiger partial charge in [0.15, 0.2) is 5.11 Å². The zero-order valence-corrected chi connectivity index (χ0v) is 17.1. The summed E-state index contributed by atoms with van der Waals surface area (Å²) >= 11 is 8.60. The highest BCUT2D eigenvalue weighted by atomic mass is 79.9. The Labute approximate surface area is 170 Å². The van der Waals surface area contributed by atoms with E-state index in [9.17, 15) is 14.4 Å². The summed E-state index contributed by atoms with van der Waals surface area (Å²) in [6.45, 7) is 1.12. The number of piperazine rings is 1. The van der Waals surface area contributed by atoms with Crippen LogP contribution in [0.5, 0.6) is 0 Å². The Morgan fingerprint density at radius 3 is 2.70 bits per heavy atom. The molecule has 1 saturated heterocycles. The van der Waals surface area contributed by atoms with Gasteiger partial charge in [-0.15, -0.1) is 0 Å². The molecule has 0 aliphatic carbocycles. The lowest BCUT2D eigenvalue weighted by Gasteiger charge is -2.36. The third kappa shape index (κ3) is 6.26. The van der Waals surface area contributed by atoms with E-state index < -0.39 is 12.0 Å². The Kier molecular flexibility index (Phi) is 8.14. The molecule has 0 bridgehead atoms. The average molecular weight is 458 g/mol. The van der Waals surface area contributed by atoms with Crippen LogP contribution >= 0.6 is 28.1 Å². The molecule has 1 fully saturated rings. The van der Waals surface area contributed by atoms with Crippen LogP contribution in [0.4, 0.5) is 0 Å². The van der Waals surface area contributed by atoms with Crippen LogP contribution in [0.2, 0.25) is 0 Å². The Hall–Kier alpha value is -2.04. The number of ether oxygens (including phenoxy) is 2. The first-order valence-corrected chi connectivity index (χ1v) is 9.42. The SMILES string of the molecule is COCCOC(=O)CC1C(=O)NCCN1C(=S)NC(=O)c1ccc(Br)cc1. The number of rotatable bonds is 6. The van der Waals surface area contributed by atoms with Crippen LogP contribution in [-0.2, 0) is 19.1 Å². The summed E-state index contributed by atoms with van der Waals surface area (Å²) in [6.07, 6.45) is -0.177. The van der Waals surface area contributed by atoms with Gasteiger partial charge in [0.2, 0.25) is 5.91 Å². The second kappa shape index (κ2) is 10.3. The molecule has 1 aromatic rings. The van der Waals surface area contributed by atoms with Crippen LogP contribution in [0, 0.1) is 0 Å². The number of hydrogen-bond donors (Lipinski definition) is 2. The molecule has 1 atom stereocenters. The van der Waals surface area contributed by atoms with Gasteiger partial charge in [0.05, 0.1) is 13.0 Å². The fourth-order valence-electron chi connectivity index (χ4n) is 2.46. The van der Waals surface area contributed by atoms with Gasteiger partial charge < -0.3 is 19.7 Å². The number of carbonyl (C=O) groups excluding carboxylic acids is 3. The van der Waals surface area contributed by atoms with Crippen molar-refractivity contribution in [1.82, 2.24) is 15.5 Å². The fraction of sp³-hybridized carbons (Fsp3) is 0.412. The molecular formula is C17H20BrN3O5S. The highest BCUT2D eigenvalue weighted by molar-refractivity contribution is 9.10. The van der Waals surface area contributed by atoms with Crippen molar-refractivity contribution in [2.75, 3.05) is 33.4 Å². The van der Waals surface area contributed by atoms with E-state index in [4.69, 9.17) is 21.7 Å². The van der Waals surface area contributed by atoms with E-state index in [1.165, 1.54) is 12.0 Å². The molecule has 0 saturated carbocycles. The molecule has 1 aromatic carbocycles. The molecule has 1 heterocycles. The molecule has 27 heavy (non-hydrogen) atoms. The lowest BCUT2D eigenvalue weighted by Crippen LogP contribution is -2.60. The van der Waals surface area contributed by atoms with Crippen molar-refractivity contribution >= 4 is 51.0 Å². The Morgan fingerprint density at radius 1 is 1.33 bits per heavy atom. The number of nitrogens with one attached hydrogen (secondary N) is 2. The summed E-state index contributed by atoms with van der Waals surface area (Å²) in [5.41, 5.74) is 0.428. The third-order valence-corrected chi connectivity index (χ3v) is 4.69. The van der Waals surface area contributed by atoms with Crippen LogP contribution in [0.3, 0.4) is 0 Å². The molecule has 8 nitrogen and oxygen atoms in total. The molecule has 0 radical (unpaired) electrons. The average Bonchev–Trinajstić information content (AvgIpc) is 2.64. The maximum absolute atomic E-state index is 12.3. The number of amides is 2. The van der Waals surface area contributed by atoms with Gasteiger partial charge >= 0.3 is 5.97 Å². The van der Waals surface area contributed by atoms with Crippen LogP contribution < -0.4 is 10.6 Å². The summed E-state index contributed by atoms with van der Waals surface area (Å²) in [6, 6.07) is 5.94. The normalized spacial score (nSPS) is 16.4. The van der Waals surface area contributed by atoms with Gasteiger partial charge in [0.25, 0.3) is 5.91 Å². The minimum absolute atomic E-state index is 0.0902. The standard InChI is InChI=1S/C17H20BrN3O5S/c1-25-8-9-26-14(22)10-13-16(24)19-6-7-21(13)17(27)20-15(23)11-2-4-12(18)5-3-11/h2-5,13H,6-10H2,1H3,(H,19,24)(H,20,23,27). The summed E-state index contributed by atoms with van der Waals surface area (Å²) < 4.78 is 10.7. The minimum Gasteiger partial charge on any atom is -0.463 e. The number of esters is 1. The molecular weight excluding hydrogens is 438 g/mol. The van der Waals surface area contributed by atoms with Crippen molar-refractivity contribution < 1.29 is 23.9 Å². The lowest BCUT2D eigenvalue weighted by molar-refractivity contribution is -0.148. The van der Waals surface area contributed by atoms with E-state index in [-0.39, 0.29) is 36.6 Å². The highest BCUT2D eigenvalue weighted by Crippen LogP contribution is 2.13. The van der Waals surface area contributed by atoms with Gasteiger partial charge in [-0.2, -0.15) is 0 Å². The van der Waals surface area contributed by atoms with Crippen molar-refractivity contribution in [1.29, 1.82) is 0 Å². The quantitative estimate of drug-likeness (QED) is 0.371. The van der Waals surface area contributed by atoms with E-state index in [0.29, 0.717) is 18.7 Å². The molecule has 0 spiro atoms. The summed E-state index contributed by atoms with van der Waals surface area (Å²) in [7, 11) is 1.50. The van der Waals surface area contributed by atoms with Gasteiger partial charge in [-0.1, -0.05) is 15.9 Å². The molecule has 10 heteroatoms. The molecule has 1 aliphatic heterocycles. The van der Waals surface area contributed by atoms with E-state index in [0.717, 1.165) is 4.47 Å². The molecule has 146 valence electrons. The third-order valence-electron chi connectivity index (χ3n) is 3.83. The lowest BCUT2D eigenvalue weighted by atomic mass is 10.1. The number of benzene rings is 1. The molecule has 1 unspecified atom stereocenters. The first-order valence-electron chi connectivity index (χ1n) is 8.22. The minimum atomic E-state index is -0.841. The molecule has 0 aromatic heterocycles. The Bertz CT molecular complexity index is 713. The summed E-state index contributed by atoms with van der Waals surface area (Å²) in [5.74, 6) is -1.27. The maximum Gasteiger partial charge on any atom is 0.308 e. The smallest absolute Gasteiger partial charge is 0.308 e. The Balaban J connectivity index is 2.00. The van der Waals surface area contributed by atoms with E-state index in [2.05, 4.69) is 26.6 Å². The van der Waals surface area contributed by atoms with Crippen molar-refractivity contribution in [3.63, 3.8) is 0 Å². The second-order valence-electron chi connectivity index (χ2n) is 5.68. The van der Waals surface area contributed by atoms with Gasteiger partial charge in [0.1, 0.15) is 12.6 Å². The monoisotopic (exact) mass is 457 g/mol. The zero-order chi connectivity index (χ0) is 19.8. The van der Waals surface area contributed by atoms with Gasteiger partial charge in [-0.3, -0.25) is 19.7 Å². The number of thiocarbonyl (C=S) groups is 1. The van der Waals surface area contributed by atoms with Crippen LogP contribution in [-0.4, -0.2) is 67.3 Å². The summed E-state index contributed by atoms with van der Waals surface area (Å²) in [5, 5.41) is 5.39. The Morgan fingerprint density at radius 2 is 2.04 bits per heavy atom. The van der Waals surface area contributed by atoms with Gasteiger partial charge in [-0.25, -0.2) is 0 Å². The van der Waals surface area contributed by atoms with Crippen LogP contribution in [0.25, 0.3) is 0 Å². The van der Waals surface area contributed by atoms with Crippen molar-refractivity contribution in [2.24, 2.45) is 0 Å². The van der Waals surface area contributed by atoms with Crippen LogP contribution in [0.1, 0.15) is 16.8 Å². The first kappa shape index (κ1) is 21.3. The van der Waals surface area contributed by atoms with Crippen molar-refractivity contribution in [2.45, 2.75) is 12.5 Å². The van der Waals surface area contributed by atoms with E-state index in [1.807, 2.05) is 0 Å².